The third kappa shape index (κ3) is 3.87. The molecule has 0 aliphatic heterocycles. The number of carbonyl (C=O) groups excluding carboxylic acids is 1. The fourth-order valence-corrected chi connectivity index (χ4v) is 2.53. The molecule has 5 heteroatoms. The van der Waals surface area contributed by atoms with E-state index in [4.69, 9.17) is 4.74 Å². The van der Waals surface area contributed by atoms with Crippen LogP contribution in [0.1, 0.15) is 37.1 Å². The van der Waals surface area contributed by atoms with Crippen molar-refractivity contribution in [1.82, 2.24) is 9.88 Å². The van der Waals surface area contributed by atoms with Gasteiger partial charge in [0.15, 0.2) is 6.10 Å². The molecule has 0 saturated heterocycles. The maximum atomic E-state index is 12.7. The summed E-state index contributed by atoms with van der Waals surface area (Å²) in [5.74, 6) is 0.273. The molecule has 2 atom stereocenters. The summed E-state index contributed by atoms with van der Waals surface area (Å²) in [6.45, 7) is 4.32. The molecule has 0 aliphatic carbocycles. The number of aliphatic hydroxyl groups excluding tert-OH is 1. The number of amides is 1. The number of hydrogen-bond donors (Lipinski definition) is 1. The number of likely N-dealkylation sites (N-methyl/N-ethyl adjacent to an activating group) is 1. The van der Waals surface area contributed by atoms with Crippen molar-refractivity contribution >= 4 is 5.91 Å². The minimum absolute atomic E-state index is 0.165. The number of carbonyl (C=O) groups is 1. The first-order valence-corrected chi connectivity index (χ1v) is 7.60. The molecule has 0 bridgehead atoms. The maximum Gasteiger partial charge on any atom is 0.256 e. The molecule has 0 aliphatic rings. The summed E-state index contributed by atoms with van der Waals surface area (Å²) >= 11 is 0. The lowest BCUT2D eigenvalue weighted by molar-refractivity contribution is -0.142. The van der Waals surface area contributed by atoms with Crippen molar-refractivity contribution in [3.63, 3.8) is 0 Å². The van der Waals surface area contributed by atoms with E-state index in [1.807, 2.05) is 26.0 Å². The third-order valence-electron chi connectivity index (χ3n) is 3.90. The number of hydrogen-bond acceptors (Lipinski definition) is 4. The quantitative estimate of drug-likeness (QED) is 0.890. The molecule has 1 aromatic carbocycles. The number of nitrogens with zero attached hydrogens (tertiary/aromatic N) is 2. The van der Waals surface area contributed by atoms with E-state index in [0.717, 1.165) is 5.56 Å². The fourth-order valence-electron chi connectivity index (χ4n) is 2.53. The Bertz CT molecular complexity index is 646. The maximum absolute atomic E-state index is 12.7. The molecule has 1 amide bonds. The van der Waals surface area contributed by atoms with Gasteiger partial charge in [0.25, 0.3) is 5.91 Å². The standard InChI is InChI=1S/C18H22N2O3/c1-4-20(13(2)15-8-6-10-19-12-15)18(22)17(21)14-7-5-9-16(11-14)23-3/h5-13,17,21H,4H2,1-3H3. The van der Waals surface area contributed by atoms with Crippen molar-refractivity contribution in [3.05, 3.63) is 59.9 Å². The monoisotopic (exact) mass is 314 g/mol. The molecule has 5 nitrogen and oxygen atoms in total. The molecule has 2 rings (SSSR count). The Morgan fingerprint density at radius 1 is 1.30 bits per heavy atom. The minimum atomic E-state index is -1.22. The van der Waals surface area contributed by atoms with Gasteiger partial charge >= 0.3 is 0 Å². The normalized spacial score (nSPS) is 13.2. The van der Waals surface area contributed by atoms with Crippen molar-refractivity contribution in [2.45, 2.75) is 26.0 Å². The van der Waals surface area contributed by atoms with Crippen LogP contribution in [0.25, 0.3) is 0 Å². The predicted octanol–water partition coefficient (Wildman–Crippen LogP) is 2.73. The van der Waals surface area contributed by atoms with E-state index < -0.39 is 6.10 Å². The lowest BCUT2D eigenvalue weighted by Crippen LogP contribution is -2.37. The number of aliphatic hydroxyl groups is 1. The Morgan fingerprint density at radius 2 is 2.04 bits per heavy atom. The SMILES string of the molecule is CCN(C(=O)C(O)c1cccc(OC)c1)C(C)c1cccnc1. The van der Waals surface area contributed by atoms with Crippen LogP contribution in [-0.4, -0.2) is 34.6 Å². The van der Waals surface area contributed by atoms with Crippen molar-refractivity contribution in [2.24, 2.45) is 0 Å². The minimum Gasteiger partial charge on any atom is -0.497 e. The zero-order valence-corrected chi connectivity index (χ0v) is 13.6. The zero-order valence-electron chi connectivity index (χ0n) is 13.6. The molecule has 0 fully saturated rings. The Hall–Kier alpha value is -2.40. The van der Waals surface area contributed by atoms with Gasteiger partial charge in [0.2, 0.25) is 0 Å². The molecule has 122 valence electrons. The van der Waals surface area contributed by atoms with Crippen molar-refractivity contribution < 1.29 is 14.6 Å². The van der Waals surface area contributed by atoms with Crippen LogP contribution in [0.3, 0.4) is 0 Å². The molecular formula is C18H22N2O3. The summed E-state index contributed by atoms with van der Waals surface area (Å²) < 4.78 is 5.14. The van der Waals surface area contributed by atoms with E-state index in [2.05, 4.69) is 4.98 Å². The second-order valence-electron chi connectivity index (χ2n) is 5.27. The highest BCUT2D eigenvalue weighted by Crippen LogP contribution is 2.25. The topological polar surface area (TPSA) is 62.7 Å². The Morgan fingerprint density at radius 3 is 2.65 bits per heavy atom. The predicted molar refractivity (Wildman–Crippen MR) is 88.0 cm³/mol. The molecule has 1 N–H and O–H groups in total. The van der Waals surface area contributed by atoms with E-state index in [-0.39, 0.29) is 11.9 Å². The average molecular weight is 314 g/mol. The summed E-state index contributed by atoms with van der Waals surface area (Å²) in [4.78, 5) is 18.4. The van der Waals surface area contributed by atoms with Crippen LogP contribution < -0.4 is 4.74 Å². The van der Waals surface area contributed by atoms with Gasteiger partial charge in [-0.25, -0.2) is 0 Å². The van der Waals surface area contributed by atoms with Crippen molar-refractivity contribution in [1.29, 1.82) is 0 Å². The van der Waals surface area contributed by atoms with Crippen molar-refractivity contribution in [3.8, 4) is 5.75 Å². The smallest absolute Gasteiger partial charge is 0.256 e. The zero-order chi connectivity index (χ0) is 16.8. The second-order valence-corrected chi connectivity index (χ2v) is 5.27. The van der Waals surface area contributed by atoms with E-state index >= 15 is 0 Å². The Kier molecular flexibility index (Phi) is 5.71. The van der Waals surface area contributed by atoms with Crippen LogP contribution in [0.5, 0.6) is 5.75 Å². The van der Waals surface area contributed by atoms with E-state index in [9.17, 15) is 9.90 Å². The third-order valence-corrected chi connectivity index (χ3v) is 3.90. The average Bonchev–Trinajstić information content (AvgIpc) is 2.62. The number of benzene rings is 1. The first kappa shape index (κ1) is 17.0. The van der Waals surface area contributed by atoms with Gasteiger partial charge in [-0.1, -0.05) is 18.2 Å². The van der Waals surface area contributed by atoms with Gasteiger partial charge < -0.3 is 14.7 Å². The molecule has 2 aromatic rings. The molecule has 0 spiro atoms. The van der Waals surface area contributed by atoms with E-state index in [0.29, 0.717) is 17.9 Å². The van der Waals surface area contributed by atoms with Crippen LogP contribution in [0.2, 0.25) is 0 Å². The van der Waals surface area contributed by atoms with Gasteiger partial charge in [-0.05, 0) is 43.2 Å². The molecular weight excluding hydrogens is 292 g/mol. The first-order valence-electron chi connectivity index (χ1n) is 7.60. The molecule has 0 radical (unpaired) electrons. The first-order chi connectivity index (χ1) is 11.1. The second kappa shape index (κ2) is 7.74. The van der Waals surface area contributed by atoms with Crippen LogP contribution in [0, 0.1) is 0 Å². The van der Waals surface area contributed by atoms with Crippen LogP contribution in [0.15, 0.2) is 48.8 Å². The van der Waals surface area contributed by atoms with Gasteiger partial charge in [-0.15, -0.1) is 0 Å². The number of aromatic nitrogens is 1. The highest BCUT2D eigenvalue weighted by Gasteiger charge is 2.27. The summed E-state index contributed by atoms with van der Waals surface area (Å²) in [5.41, 5.74) is 1.45. The molecule has 23 heavy (non-hydrogen) atoms. The van der Waals surface area contributed by atoms with Gasteiger partial charge in [0.1, 0.15) is 5.75 Å². The van der Waals surface area contributed by atoms with Gasteiger partial charge in [-0.2, -0.15) is 0 Å². The van der Waals surface area contributed by atoms with Crippen LogP contribution in [-0.2, 0) is 4.79 Å². The lowest BCUT2D eigenvalue weighted by atomic mass is 10.0. The molecule has 1 aromatic heterocycles. The Labute approximate surface area is 136 Å². The van der Waals surface area contributed by atoms with Gasteiger partial charge in [-0.3, -0.25) is 9.78 Å². The highest BCUT2D eigenvalue weighted by molar-refractivity contribution is 5.82. The van der Waals surface area contributed by atoms with Crippen LogP contribution >= 0.6 is 0 Å². The van der Waals surface area contributed by atoms with Gasteiger partial charge in [0, 0.05) is 18.9 Å². The van der Waals surface area contributed by atoms with E-state index in [1.54, 1.807) is 48.7 Å². The highest BCUT2D eigenvalue weighted by atomic mass is 16.5. The number of ether oxygens (including phenoxy) is 1. The molecule has 2 unspecified atom stereocenters. The van der Waals surface area contributed by atoms with Crippen molar-refractivity contribution in [2.75, 3.05) is 13.7 Å². The van der Waals surface area contributed by atoms with Crippen LogP contribution in [0.4, 0.5) is 0 Å². The van der Waals surface area contributed by atoms with E-state index in [1.165, 1.54) is 0 Å². The number of rotatable bonds is 6. The van der Waals surface area contributed by atoms with Gasteiger partial charge in [0.05, 0.1) is 13.2 Å². The number of pyridine rings is 1. The fraction of sp³-hybridized carbons (Fsp3) is 0.333. The summed E-state index contributed by atoms with van der Waals surface area (Å²) in [7, 11) is 1.55. The summed E-state index contributed by atoms with van der Waals surface area (Å²) in [5, 5.41) is 10.4. The molecule has 0 saturated carbocycles. The number of methoxy groups -OCH3 is 1. The summed E-state index contributed by atoms with van der Waals surface area (Å²) in [6.07, 6.45) is 2.21. The summed E-state index contributed by atoms with van der Waals surface area (Å²) in [6, 6.07) is 10.5. The largest absolute Gasteiger partial charge is 0.497 e. The molecule has 1 heterocycles. The Balaban J connectivity index is 2.21. The lowest BCUT2D eigenvalue weighted by Gasteiger charge is -2.30.